The Morgan fingerprint density at radius 1 is 0.947 bits per heavy atom. The van der Waals surface area contributed by atoms with Crippen LogP contribution in [0.15, 0.2) is 36.4 Å². The first-order valence-corrected chi connectivity index (χ1v) is 7.18. The van der Waals surface area contributed by atoms with Crippen LogP contribution in [0.4, 0.5) is 8.78 Å². The minimum absolute atomic E-state index is 0.0142. The van der Waals surface area contributed by atoms with Crippen molar-refractivity contribution in [3.63, 3.8) is 0 Å². The summed E-state index contributed by atoms with van der Waals surface area (Å²) < 4.78 is 27.2. The lowest BCUT2D eigenvalue weighted by Gasteiger charge is -2.14. The van der Waals surface area contributed by atoms with Crippen molar-refractivity contribution in [3.05, 3.63) is 69.2 Å². The van der Waals surface area contributed by atoms with Gasteiger partial charge in [0.1, 0.15) is 11.6 Å². The highest BCUT2D eigenvalue weighted by Gasteiger charge is 2.19. The zero-order valence-electron chi connectivity index (χ0n) is 9.64. The maximum atomic E-state index is 13.6. The van der Waals surface area contributed by atoms with Crippen LogP contribution in [-0.2, 0) is 6.42 Å². The van der Waals surface area contributed by atoms with E-state index in [2.05, 4.69) is 15.9 Å². The van der Waals surface area contributed by atoms with E-state index >= 15 is 0 Å². The van der Waals surface area contributed by atoms with Gasteiger partial charge in [-0.25, -0.2) is 8.78 Å². The lowest BCUT2D eigenvalue weighted by Crippen LogP contribution is -2.02. The number of rotatable bonds is 3. The molecule has 100 valence electrons. The molecule has 0 heterocycles. The molecule has 0 fully saturated rings. The first kappa shape index (κ1) is 14.8. The molecule has 0 aliphatic carbocycles. The van der Waals surface area contributed by atoms with Crippen molar-refractivity contribution in [2.24, 2.45) is 0 Å². The maximum Gasteiger partial charge on any atom is 0.129 e. The van der Waals surface area contributed by atoms with Gasteiger partial charge in [0.15, 0.2) is 0 Å². The van der Waals surface area contributed by atoms with Crippen LogP contribution < -0.4 is 0 Å². The third-order valence-corrected chi connectivity index (χ3v) is 4.20. The molecule has 0 bridgehead atoms. The summed E-state index contributed by atoms with van der Waals surface area (Å²) in [6, 6.07) is 8.89. The van der Waals surface area contributed by atoms with Gasteiger partial charge in [0.25, 0.3) is 0 Å². The molecule has 19 heavy (non-hydrogen) atoms. The van der Waals surface area contributed by atoms with Gasteiger partial charge in [-0.1, -0.05) is 51.3 Å². The van der Waals surface area contributed by atoms with E-state index in [4.69, 9.17) is 23.2 Å². The van der Waals surface area contributed by atoms with E-state index in [9.17, 15) is 8.78 Å². The lowest BCUT2D eigenvalue weighted by molar-refractivity contribution is 0.554. The Morgan fingerprint density at radius 2 is 1.42 bits per heavy atom. The molecule has 0 amide bonds. The molecule has 0 aliphatic rings. The number of halogens is 5. The summed E-state index contributed by atoms with van der Waals surface area (Å²) in [6.07, 6.45) is 0.127. The summed E-state index contributed by atoms with van der Waals surface area (Å²) in [5.41, 5.74) is 0.647. The molecule has 0 spiro atoms. The second kappa shape index (κ2) is 6.21. The Balaban J connectivity index is 2.34. The summed E-state index contributed by atoms with van der Waals surface area (Å²) in [6.45, 7) is 0. The first-order valence-electron chi connectivity index (χ1n) is 5.51. The third-order valence-electron chi connectivity index (χ3n) is 2.76. The van der Waals surface area contributed by atoms with E-state index in [0.717, 1.165) is 0 Å². The second-order valence-corrected chi connectivity index (χ2v) is 5.93. The van der Waals surface area contributed by atoms with Crippen molar-refractivity contribution >= 4 is 39.1 Å². The monoisotopic (exact) mass is 364 g/mol. The maximum absolute atomic E-state index is 13.6. The fourth-order valence-corrected chi connectivity index (χ4v) is 3.56. The summed E-state index contributed by atoms with van der Waals surface area (Å²) in [5, 5.41) is 0.928. The normalized spacial score (nSPS) is 12.5. The Morgan fingerprint density at radius 3 is 1.95 bits per heavy atom. The molecule has 0 saturated heterocycles. The van der Waals surface area contributed by atoms with Crippen LogP contribution in [0.1, 0.15) is 16.0 Å². The van der Waals surface area contributed by atoms with Gasteiger partial charge in [0.2, 0.25) is 0 Å². The van der Waals surface area contributed by atoms with E-state index in [1.165, 1.54) is 18.2 Å². The molecule has 5 heteroatoms. The Kier molecular flexibility index (Phi) is 4.82. The second-order valence-electron chi connectivity index (χ2n) is 4.01. The van der Waals surface area contributed by atoms with Gasteiger partial charge in [-0.15, -0.1) is 0 Å². The zero-order chi connectivity index (χ0) is 14.0. The molecule has 0 N–H and O–H groups in total. The van der Waals surface area contributed by atoms with Crippen LogP contribution >= 0.6 is 39.1 Å². The Hall–Kier alpha value is -0.640. The summed E-state index contributed by atoms with van der Waals surface area (Å²) in [5.74, 6) is -1.15. The summed E-state index contributed by atoms with van der Waals surface area (Å²) in [7, 11) is 0. The molecule has 0 saturated carbocycles. The molecular weight excluding hydrogens is 357 g/mol. The molecule has 0 radical (unpaired) electrons. The molecule has 0 aliphatic heterocycles. The van der Waals surface area contributed by atoms with Gasteiger partial charge >= 0.3 is 0 Å². The van der Waals surface area contributed by atoms with E-state index < -0.39 is 11.6 Å². The molecular formula is C14H9BrCl2F2. The minimum atomic E-state index is -0.576. The number of alkyl halides is 1. The predicted octanol–water partition coefficient (Wildman–Crippen LogP) is 5.95. The first-order chi connectivity index (χ1) is 9.00. The fraction of sp³-hybridized carbons (Fsp3) is 0.143. The van der Waals surface area contributed by atoms with Crippen LogP contribution in [0.3, 0.4) is 0 Å². The van der Waals surface area contributed by atoms with Gasteiger partial charge in [-0.3, -0.25) is 0 Å². The highest BCUT2D eigenvalue weighted by molar-refractivity contribution is 9.09. The van der Waals surface area contributed by atoms with Crippen LogP contribution in [0, 0.1) is 11.6 Å². The van der Waals surface area contributed by atoms with Crippen LogP contribution in [0.2, 0.25) is 10.0 Å². The number of hydrogen-bond acceptors (Lipinski definition) is 0. The molecule has 2 aromatic rings. The lowest BCUT2D eigenvalue weighted by atomic mass is 10.0. The smallest absolute Gasteiger partial charge is 0.129 e. The van der Waals surface area contributed by atoms with Crippen molar-refractivity contribution in [2.75, 3.05) is 0 Å². The summed E-state index contributed by atoms with van der Waals surface area (Å²) >= 11 is 15.5. The van der Waals surface area contributed by atoms with Crippen molar-refractivity contribution in [3.8, 4) is 0 Å². The molecule has 0 aromatic heterocycles. The van der Waals surface area contributed by atoms with Gasteiger partial charge in [0.05, 0.1) is 0 Å². The van der Waals surface area contributed by atoms with Crippen LogP contribution in [-0.4, -0.2) is 0 Å². The van der Waals surface area contributed by atoms with Crippen LogP contribution in [0.25, 0.3) is 0 Å². The molecule has 2 rings (SSSR count). The largest absolute Gasteiger partial charge is 0.207 e. The zero-order valence-corrected chi connectivity index (χ0v) is 12.7. The summed E-state index contributed by atoms with van der Waals surface area (Å²) in [4.78, 5) is -0.361. The van der Waals surface area contributed by atoms with Gasteiger partial charge < -0.3 is 0 Å². The van der Waals surface area contributed by atoms with Crippen molar-refractivity contribution in [2.45, 2.75) is 11.2 Å². The average molecular weight is 366 g/mol. The quantitative estimate of drug-likeness (QED) is 0.589. The SMILES string of the molecule is Fc1cccc(F)c1CC(Br)c1c(Cl)cccc1Cl. The number of benzene rings is 2. The van der Waals surface area contributed by atoms with Gasteiger partial charge in [-0.2, -0.15) is 0 Å². The van der Waals surface area contributed by atoms with Crippen molar-refractivity contribution in [1.29, 1.82) is 0 Å². The molecule has 1 unspecified atom stereocenters. The standard InChI is InChI=1S/C14H9BrCl2F2/c15-9(14-10(16)3-1-4-11(14)17)7-8-12(18)5-2-6-13(8)19/h1-6,9H,7H2. The number of hydrogen-bond donors (Lipinski definition) is 0. The van der Waals surface area contributed by atoms with Gasteiger partial charge in [0, 0.05) is 26.0 Å². The average Bonchev–Trinajstić information content (AvgIpc) is 2.34. The highest BCUT2D eigenvalue weighted by Crippen LogP contribution is 2.37. The molecule has 0 nitrogen and oxygen atoms in total. The van der Waals surface area contributed by atoms with E-state index in [1.54, 1.807) is 18.2 Å². The van der Waals surface area contributed by atoms with E-state index in [-0.39, 0.29) is 16.8 Å². The van der Waals surface area contributed by atoms with E-state index in [0.29, 0.717) is 15.6 Å². The van der Waals surface area contributed by atoms with E-state index in [1.807, 2.05) is 0 Å². The molecule has 2 aromatic carbocycles. The van der Waals surface area contributed by atoms with Crippen molar-refractivity contribution < 1.29 is 8.78 Å². The Labute approximate surface area is 128 Å². The fourth-order valence-electron chi connectivity index (χ4n) is 1.82. The Bertz CT molecular complexity index is 561. The van der Waals surface area contributed by atoms with Crippen LogP contribution in [0.5, 0.6) is 0 Å². The topological polar surface area (TPSA) is 0 Å². The van der Waals surface area contributed by atoms with Gasteiger partial charge in [-0.05, 0) is 30.7 Å². The molecule has 1 atom stereocenters. The predicted molar refractivity (Wildman–Crippen MR) is 78.2 cm³/mol. The van der Waals surface area contributed by atoms with Crippen molar-refractivity contribution in [1.82, 2.24) is 0 Å². The minimum Gasteiger partial charge on any atom is -0.207 e. The highest BCUT2D eigenvalue weighted by atomic mass is 79.9. The third kappa shape index (κ3) is 3.28.